The van der Waals surface area contributed by atoms with E-state index < -0.39 is 116 Å². The molecule has 0 aliphatic carbocycles. The monoisotopic (exact) mass is 893 g/mol. The molecule has 2 aromatic heterocycles. The molecular weight excluding hydrogens is 851 g/mol. The van der Waals surface area contributed by atoms with Crippen molar-refractivity contribution in [3.05, 3.63) is 39.0 Å². The Morgan fingerprint density at radius 3 is 1.98 bits per heavy atom. The Morgan fingerprint density at radius 2 is 1.41 bits per heavy atom. The maximum absolute atomic E-state index is 12.7. The third-order valence-corrected chi connectivity index (χ3v) is 11.2. The lowest BCUT2D eigenvalue weighted by molar-refractivity contribution is -0.0301. The molecule has 2 aromatic rings. The quantitative estimate of drug-likeness (QED) is 0.0632. The lowest BCUT2D eigenvalue weighted by Crippen LogP contribution is -2.45. The fraction of sp³-hybridized carbons (Fsp3) is 0.615. The highest BCUT2D eigenvalue weighted by atomic mass is 31.2. The smallest absolute Gasteiger partial charge is 0.387 e. The van der Waals surface area contributed by atoms with Crippen molar-refractivity contribution in [3.63, 3.8) is 0 Å². The Balaban J connectivity index is 1.14. The van der Waals surface area contributed by atoms with Crippen molar-refractivity contribution in [2.75, 3.05) is 66.3 Å². The summed E-state index contributed by atoms with van der Waals surface area (Å²) >= 11 is 0. The Morgan fingerprint density at radius 1 is 0.879 bits per heavy atom. The second kappa shape index (κ2) is 17.7. The van der Waals surface area contributed by atoms with Crippen LogP contribution in [-0.2, 0) is 45.8 Å². The molecule has 32 heteroatoms. The Bertz CT molecular complexity index is 2090. The van der Waals surface area contributed by atoms with Crippen LogP contribution < -0.4 is 37.3 Å². The summed E-state index contributed by atoms with van der Waals surface area (Å²) in [5.74, 6) is -0.616. The molecule has 29 nitrogen and oxygen atoms in total. The van der Waals surface area contributed by atoms with Gasteiger partial charge in [-0.15, -0.1) is 0 Å². The van der Waals surface area contributed by atoms with Gasteiger partial charge in [-0.3, -0.25) is 42.2 Å². The number of nitrogens with two attached hydrogens (primary N) is 2. The number of aromatic nitrogens is 4. The van der Waals surface area contributed by atoms with Crippen LogP contribution in [0.1, 0.15) is 5.56 Å². The number of nitrogens with zero attached hydrogens (tertiary/aromatic N) is 5. The largest absolute Gasteiger partial charge is 0.472 e. The van der Waals surface area contributed by atoms with Gasteiger partial charge in [0.2, 0.25) is 11.9 Å². The number of H-pyrrole nitrogens is 2. The number of hydrogen-bond donors (Lipinski definition) is 12. The van der Waals surface area contributed by atoms with Gasteiger partial charge >= 0.3 is 23.5 Å². The molecule has 2 saturated heterocycles. The minimum absolute atomic E-state index is 0.0170. The molecule has 5 heterocycles. The van der Waals surface area contributed by atoms with Crippen LogP contribution in [0.5, 0.6) is 0 Å². The number of phosphoric ester groups is 3. The van der Waals surface area contributed by atoms with Crippen molar-refractivity contribution in [1.82, 2.24) is 19.9 Å². The lowest BCUT2D eigenvalue weighted by Gasteiger charge is -2.29. The van der Waals surface area contributed by atoms with Gasteiger partial charge in [0, 0.05) is 13.2 Å². The zero-order valence-corrected chi connectivity index (χ0v) is 32.9. The molecule has 5 rings (SSSR count). The van der Waals surface area contributed by atoms with Crippen molar-refractivity contribution in [1.29, 1.82) is 0 Å². The van der Waals surface area contributed by atoms with Gasteiger partial charge in [-0.05, 0) is 6.92 Å². The van der Waals surface area contributed by atoms with E-state index in [9.17, 15) is 63.3 Å². The average molecular weight is 894 g/mol. The number of hydrogen-bond acceptors (Lipinski definition) is 23. The zero-order chi connectivity index (χ0) is 43.1. The van der Waals surface area contributed by atoms with E-state index in [0.717, 1.165) is 11.1 Å². The van der Waals surface area contributed by atoms with E-state index in [-0.39, 0.29) is 41.5 Å². The molecule has 0 bridgehead atoms. The normalized spacial score (nSPS) is 28.6. The third kappa shape index (κ3) is 10.5. The van der Waals surface area contributed by atoms with Crippen LogP contribution in [0.4, 0.5) is 29.2 Å². The summed E-state index contributed by atoms with van der Waals surface area (Å²) in [6.07, 6.45) is -13.7. The maximum Gasteiger partial charge on any atom is 0.472 e. The number of rotatable bonds is 18. The van der Waals surface area contributed by atoms with E-state index in [4.69, 9.17) is 39.0 Å². The minimum Gasteiger partial charge on any atom is -0.387 e. The van der Waals surface area contributed by atoms with Crippen LogP contribution in [0.2, 0.25) is 0 Å². The fourth-order valence-electron chi connectivity index (χ4n) is 5.97. The molecule has 4 unspecified atom stereocenters. The molecule has 14 N–H and O–H groups in total. The highest BCUT2D eigenvalue weighted by Crippen LogP contribution is 2.48. The summed E-state index contributed by atoms with van der Waals surface area (Å²) in [6.45, 7) is 0.596. The molecule has 0 radical (unpaired) electrons. The van der Waals surface area contributed by atoms with Crippen LogP contribution in [-0.4, -0.2) is 155 Å². The maximum atomic E-state index is 12.7. The number of aromatic amines is 2. The molecule has 326 valence electrons. The molecule has 0 saturated carbocycles. The predicted molar refractivity (Wildman–Crippen MR) is 193 cm³/mol. The standard InChI is InChI=1S/C26H42N9O20P3/c1-4-34(19-10(2)21(40)31-25(27)29-19)23-17(38)15(36)12(53-23)7-51-57(45,46)49-5-11(55-56(42,43)44)6-50-58(47,48)52-8-13-16(37)18(39)24(54-13)35-9-33(3)14-20(35)30-26(28)32-22(14)41/h4,11-13,15-18,23-24,36-39H,1,5-9H2,2-3H3,(H,45,46)(H,47,48)(H2,42,43,44)(H3,27,29,31,40)(H3,28,30,32,41)/t11?,12-,13-,15-,16-,17-,18-,23?,24-/m1/s1. The number of ether oxygens (including phenoxy) is 2. The summed E-state index contributed by atoms with van der Waals surface area (Å²) < 4.78 is 71.8. The molecule has 58 heavy (non-hydrogen) atoms. The van der Waals surface area contributed by atoms with Gasteiger partial charge in [0.1, 0.15) is 54.2 Å². The zero-order valence-electron chi connectivity index (χ0n) is 30.2. The Hall–Kier alpha value is -3.41. The second-order valence-corrected chi connectivity index (χ2v) is 17.0. The van der Waals surface area contributed by atoms with Crippen molar-refractivity contribution < 1.29 is 85.8 Å². The summed E-state index contributed by atoms with van der Waals surface area (Å²) in [5, 5.41) is 42.5. The van der Waals surface area contributed by atoms with Crippen LogP contribution in [0, 0.1) is 6.92 Å². The van der Waals surface area contributed by atoms with Crippen molar-refractivity contribution in [2.24, 2.45) is 0 Å². The summed E-state index contributed by atoms with van der Waals surface area (Å²) in [6, 6.07) is 0. The second-order valence-electron chi connectivity index (χ2n) is 12.9. The minimum atomic E-state index is -5.42. The molecule has 3 aliphatic rings. The number of nitrogen functional groups attached to an aromatic ring is 2. The van der Waals surface area contributed by atoms with Gasteiger partial charge in [-0.1, -0.05) is 6.58 Å². The number of fused-ring (bicyclic) bond motifs is 1. The van der Waals surface area contributed by atoms with Gasteiger partial charge in [-0.2, -0.15) is 9.97 Å². The van der Waals surface area contributed by atoms with Gasteiger partial charge < -0.3 is 75.6 Å². The first-order chi connectivity index (χ1) is 26.9. The van der Waals surface area contributed by atoms with E-state index in [1.165, 1.54) is 23.8 Å². The van der Waals surface area contributed by atoms with Crippen LogP contribution in [0.3, 0.4) is 0 Å². The van der Waals surface area contributed by atoms with E-state index in [0.29, 0.717) is 0 Å². The first-order valence-electron chi connectivity index (χ1n) is 16.6. The van der Waals surface area contributed by atoms with Crippen LogP contribution in [0.15, 0.2) is 22.4 Å². The van der Waals surface area contributed by atoms with Crippen molar-refractivity contribution >= 4 is 52.7 Å². The number of aliphatic hydroxyl groups is 4. The number of anilines is 5. The molecule has 2 fully saturated rings. The van der Waals surface area contributed by atoms with Gasteiger partial charge in [0.25, 0.3) is 11.1 Å². The van der Waals surface area contributed by atoms with Gasteiger partial charge in [0.05, 0.1) is 38.7 Å². The molecular formula is C26H42N9O20P3. The lowest BCUT2D eigenvalue weighted by atomic mass is 10.1. The highest BCUT2D eigenvalue weighted by molar-refractivity contribution is 7.47. The van der Waals surface area contributed by atoms with E-state index >= 15 is 0 Å². The number of phosphoric acid groups is 3. The van der Waals surface area contributed by atoms with Crippen molar-refractivity contribution in [3.8, 4) is 0 Å². The van der Waals surface area contributed by atoms with Crippen LogP contribution in [0.25, 0.3) is 0 Å². The highest BCUT2D eigenvalue weighted by Gasteiger charge is 2.50. The topological polar surface area (TPSA) is 431 Å². The first-order valence-corrected chi connectivity index (χ1v) is 21.1. The average Bonchev–Trinajstić information content (AvgIpc) is 3.71. The van der Waals surface area contributed by atoms with E-state index in [2.05, 4.69) is 31.0 Å². The summed E-state index contributed by atoms with van der Waals surface area (Å²) in [7, 11) is -14.3. The first kappa shape index (κ1) is 45.7. The number of nitrogens with one attached hydrogen (secondary N) is 2. The van der Waals surface area contributed by atoms with E-state index in [1.54, 1.807) is 0 Å². The fourth-order valence-corrected chi connectivity index (χ4v) is 8.01. The van der Waals surface area contributed by atoms with Crippen molar-refractivity contribution in [2.45, 2.75) is 62.1 Å². The predicted octanol–water partition coefficient (Wildman–Crippen LogP) is -4.17. The molecule has 3 aliphatic heterocycles. The molecule has 0 spiro atoms. The van der Waals surface area contributed by atoms with Crippen LogP contribution >= 0.6 is 23.5 Å². The SMILES string of the molecule is C=CN(c1nc(N)[nH]c(=O)c1C)C1O[C@H](COP(=O)(O)OCC(COP(=O)(O)OC[C@H]2O[C@@H](N3CN(C)c4c3nc(N)[nH]c4=O)[C@H](O)[C@@H]2O)OP(=O)(O)O)[C@@H](O)[C@H]1O. The molecule has 0 amide bonds. The Labute approximate surface area is 325 Å². The molecule has 0 aromatic carbocycles. The molecule has 11 atom stereocenters. The third-order valence-electron chi connectivity index (χ3n) is 8.69. The summed E-state index contributed by atoms with van der Waals surface area (Å²) in [4.78, 5) is 80.2. The Kier molecular flexibility index (Phi) is 13.9. The van der Waals surface area contributed by atoms with Gasteiger partial charge in [-0.25, -0.2) is 13.7 Å². The van der Waals surface area contributed by atoms with E-state index in [1.807, 2.05) is 0 Å². The summed E-state index contributed by atoms with van der Waals surface area (Å²) in [5.41, 5.74) is 10.2. The number of aliphatic hydroxyl groups excluding tert-OH is 4. The van der Waals surface area contributed by atoms with Gasteiger partial charge in [0.15, 0.2) is 18.3 Å².